The Kier molecular flexibility index (Phi) is 5.57. The summed E-state index contributed by atoms with van der Waals surface area (Å²) in [6.45, 7) is 4.40. The Bertz CT molecular complexity index is 748. The van der Waals surface area contributed by atoms with Gasteiger partial charge in [-0.3, -0.25) is 9.88 Å². The van der Waals surface area contributed by atoms with Crippen molar-refractivity contribution < 1.29 is 23.8 Å². The van der Waals surface area contributed by atoms with E-state index in [-0.39, 0.29) is 16.7 Å². The summed E-state index contributed by atoms with van der Waals surface area (Å²) in [5.41, 5.74) is 0.389. The zero-order valence-corrected chi connectivity index (χ0v) is 13.7. The van der Waals surface area contributed by atoms with Crippen LogP contribution in [0.15, 0.2) is 36.7 Å². The summed E-state index contributed by atoms with van der Waals surface area (Å²) in [5.74, 6) is -1.16. The first-order chi connectivity index (χ1) is 12.1. The molecule has 0 aliphatic carbocycles. The van der Waals surface area contributed by atoms with Crippen LogP contribution in [0.5, 0.6) is 5.75 Å². The SMILES string of the molecule is O=C(O)c1ccncc1-c1cc(OCCN2CCOCC2)ccc1F. The average Bonchev–Trinajstić information content (AvgIpc) is 2.64. The van der Waals surface area contributed by atoms with Gasteiger partial charge >= 0.3 is 5.97 Å². The second kappa shape index (κ2) is 8.04. The highest BCUT2D eigenvalue weighted by Gasteiger charge is 2.16. The minimum absolute atomic E-state index is 0.000586. The van der Waals surface area contributed by atoms with Crippen LogP contribution >= 0.6 is 0 Å². The number of aromatic carboxylic acids is 1. The quantitative estimate of drug-likeness (QED) is 0.865. The molecule has 6 nitrogen and oxygen atoms in total. The standard InChI is InChI=1S/C18H19FN2O4/c19-17-2-1-13(25-10-7-21-5-8-24-9-6-21)11-15(17)16-12-20-4-3-14(16)18(22)23/h1-4,11-12H,5-10H2,(H,22,23). The van der Waals surface area contributed by atoms with Crippen molar-refractivity contribution in [2.45, 2.75) is 0 Å². The molecule has 0 radical (unpaired) electrons. The third-order valence-electron chi connectivity index (χ3n) is 4.06. The maximum absolute atomic E-state index is 14.2. The molecule has 0 amide bonds. The van der Waals surface area contributed by atoms with E-state index >= 15 is 0 Å². The van der Waals surface area contributed by atoms with Gasteiger partial charge in [0, 0.05) is 43.2 Å². The first-order valence-corrected chi connectivity index (χ1v) is 8.05. The van der Waals surface area contributed by atoms with Crippen molar-refractivity contribution in [2.75, 3.05) is 39.5 Å². The number of aromatic nitrogens is 1. The van der Waals surface area contributed by atoms with Crippen molar-refractivity contribution in [3.8, 4) is 16.9 Å². The Balaban J connectivity index is 1.73. The van der Waals surface area contributed by atoms with Crippen LogP contribution in [0.3, 0.4) is 0 Å². The van der Waals surface area contributed by atoms with Gasteiger partial charge in [0.1, 0.15) is 18.2 Å². The molecular weight excluding hydrogens is 327 g/mol. The molecule has 7 heteroatoms. The van der Waals surface area contributed by atoms with Crippen LogP contribution < -0.4 is 4.74 Å². The largest absolute Gasteiger partial charge is 0.492 e. The maximum atomic E-state index is 14.2. The van der Waals surface area contributed by atoms with Gasteiger partial charge in [0.2, 0.25) is 0 Å². The summed E-state index contributed by atoms with van der Waals surface area (Å²) >= 11 is 0. The van der Waals surface area contributed by atoms with Crippen molar-refractivity contribution in [3.63, 3.8) is 0 Å². The lowest BCUT2D eigenvalue weighted by Gasteiger charge is -2.26. The molecule has 1 fully saturated rings. The predicted molar refractivity (Wildman–Crippen MR) is 89.3 cm³/mol. The summed E-state index contributed by atoms with van der Waals surface area (Å²) in [5, 5.41) is 9.28. The lowest BCUT2D eigenvalue weighted by molar-refractivity contribution is 0.0322. The number of carbonyl (C=O) groups is 1. The van der Waals surface area contributed by atoms with Gasteiger partial charge in [0.15, 0.2) is 0 Å². The van der Waals surface area contributed by atoms with Crippen molar-refractivity contribution >= 4 is 5.97 Å². The molecule has 0 spiro atoms. The number of benzene rings is 1. The van der Waals surface area contributed by atoms with E-state index in [1.807, 2.05) is 0 Å². The fourth-order valence-electron chi connectivity index (χ4n) is 2.71. The first-order valence-electron chi connectivity index (χ1n) is 8.05. The van der Waals surface area contributed by atoms with Crippen molar-refractivity contribution in [3.05, 3.63) is 48.0 Å². The highest BCUT2D eigenvalue weighted by molar-refractivity contribution is 5.95. The number of nitrogens with zero attached hydrogens (tertiary/aromatic N) is 2. The Hall–Kier alpha value is -2.51. The second-order valence-corrected chi connectivity index (χ2v) is 5.67. The molecule has 25 heavy (non-hydrogen) atoms. The van der Waals surface area contributed by atoms with Crippen LogP contribution in [0.4, 0.5) is 4.39 Å². The lowest BCUT2D eigenvalue weighted by atomic mass is 10.0. The lowest BCUT2D eigenvalue weighted by Crippen LogP contribution is -2.38. The van der Waals surface area contributed by atoms with Gasteiger partial charge in [0.25, 0.3) is 0 Å². The van der Waals surface area contributed by atoms with E-state index in [0.717, 1.165) is 32.8 Å². The number of hydrogen-bond donors (Lipinski definition) is 1. The number of carboxylic acids is 1. The van der Waals surface area contributed by atoms with Gasteiger partial charge in [-0.25, -0.2) is 9.18 Å². The van der Waals surface area contributed by atoms with E-state index in [4.69, 9.17) is 9.47 Å². The van der Waals surface area contributed by atoms with E-state index < -0.39 is 11.8 Å². The highest BCUT2D eigenvalue weighted by atomic mass is 19.1. The van der Waals surface area contributed by atoms with E-state index in [1.165, 1.54) is 36.7 Å². The Morgan fingerprint density at radius 2 is 2.08 bits per heavy atom. The number of pyridine rings is 1. The van der Waals surface area contributed by atoms with Crippen molar-refractivity contribution in [1.82, 2.24) is 9.88 Å². The smallest absolute Gasteiger partial charge is 0.336 e. The van der Waals surface area contributed by atoms with Crippen molar-refractivity contribution in [2.24, 2.45) is 0 Å². The Morgan fingerprint density at radius 3 is 2.84 bits per heavy atom. The zero-order chi connectivity index (χ0) is 17.6. The monoisotopic (exact) mass is 346 g/mol. The fourth-order valence-corrected chi connectivity index (χ4v) is 2.71. The van der Waals surface area contributed by atoms with Crippen LogP contribution in [0.25, 0.3) is 11.1 Å². The van der Waals surface area contributed by atoms with E-state index in [9.17, 15) is 14.3 Å². The van der Waals surface area contributed by atoms with Crippen LogP contribution in [0.1, 0.15) is 10.4 Å². The van der Waals surface area contributed by atoms with E-state index in [0.29, 0.717) is 12.4 Å². The van der Waals surface area contributed by atoms with Gasteiger partial charge in [-0.05, 0) is 24.3 Å². The third-order valence-corrected chi connectivity index (χ3v) is 4.06. The Morgan fingerprint density at radius 1 is 1.28 bits per heavy atom. The highest BCUT2D eigenvalue weighted by Crippen LogP contribution is 2.29. The third kappa shape index (κ3) is 4.32. The number of morpholine rings is 1. The molecule has 1 aliphatic rings. The molecule has 1 N–H and O–H groups in total. The van der Waals surface area contributed by atoms with Crippen molar-refractivity contribution in [1.29, 1.82) is 0 Å². The molecule has 2 heterocycles. The normalized spacial score (nSPS) is 15.1. The van der Waals surface area contributed by atoms with Gasteiger partial charge in [0.05, 0.1) is 18.8 Å². The molecule has 1 aromatic heterocycles. The molecule has 0 atom stereocenters. The Labute approximate surface area is 144 Å². The van der Waals surface area contributed by atoms with Crippen LogP contribution in [0.2, 0.25) is 0 Å². The summed E-state index contributed by atoms with van der Waals surface area (Å²) in [4.78, 5) is 17.5. The predicted octanol–water partition coefficient (Wildman–Crippen LogP) is 2.30. The van der Waals surface area contributed by atoms with Crippen LogP contribution in [0, 0.1) is 5.82 Å². The molecule has 132 valence electrons. The zero-order valence-electron chi connectivity index (χ0n) is 13.7. The number of rotatable bonds is 6. The van der Waals surface area contributed by atoms with Gasteiger partial charge in [-0.15, -0.1) is 0 Å². The average molecular weight is 346 g/mol. The summed E-state index contributed by atoms with van der Waals surface area (Å²) in [7, 11) is 0. The summed E-state index contributed by atoms with van der Waals surface area (Å²) in [6.07, 6.45) is 2.72. The number of hydrogen-bond acceptors (Lipinski definition) is 5. The minimum Gasteiger partial charge on any atom is -0.492 e. The second-order valence-electron chi connectivity index (χ2n) is 5.67. The van der Waals surface area contributed by atoms with Gasteiger partial charge in [-0.1, -0.05) is 0 Å². The number of ether oxygens (including phenoxy) is 2. The number of halogens is 1. The topological polar surface area (TPSA) is 71.9 Å². The molecule has 0 bridgehead atoms. The molecule has 1 saturated heterocycles. The maximum Gasteiger partial charge on any atom is 0.336 e. The molecule has 0 saturated carbocycles. The summed E-state index contributed by atoms with van der Waals surface area (Å²) < 4.78 is 25.2. The molecular formula is C18H19FN2O4. The first kappa shape index (κ1) is 17.3. The minimum atomic E-state index is -1.13. The number of carboxylic acid groups (broad SMARTS) is 1. The van der Waals surface area contributed by atoms with Gasteiger partial charge < -0.3 is 14.6 Å². The van der Waals surface area contributed by atoms with Crippen LogP contribution in [-0.4, -0.2) is 60.4 Å². The fraction of sp³-hybridized carbons (Fsp3) is 0.333. The molecule has 3 rings (SSSR count). The van der Waals surface area contributed by atoms with E-state index in [1.54, 1.807) is 0 Å². The van der Waals surface area contributed by atoms with E-state index in [2.05, 4.69) is 9.88 Å². The molecule has 1 aromatic carbocycles. The molecule has 1 aliphatic heterocycles. The summed E-state index contributed by atoms with van der Waals surface area (Å²) in [6, 6.07) is 5.67. The van der Waals surface area contributed by atoms with Crippen LogP contribution in [-0.2, 0) is 4.74 Å². The molecule has 0 unspecified atom stereocenters. The van der Waals surface area contributed by atoms with Gasteiger partial charge in [-0.2, -0.15) is 0 Å². The molecule has 2 aromatic rings.